The van der Waals surface area contributed by atoms with E-state index in [1.54, 1.807) is 6.07 Å². The van der Waals surface area contributed by atoms with Gasteiger partial charge < -0.3 is 4.52 Å². The van der Waals surface area contributed by atoms with E-state index in [9.17, 15) is 4.79 Å². The van der Waals surface area contributed by atoms with Gasteiger partial charge in [-0.3, -0.25) is 4.79 Å². The molecule has 0 saturated heterocycles. The molecular formula is C22H20N4O2. The first-order chi connectivity index (χ1) is 13.5. The summed E-state index contributed by atoms with van der Waals surface area (Å²) in [6, 6.07) is 15.8. The maximum Gasteiger partial charge on any atom is 0.279 e. The number of rotatable bonds is 2. The number of benzene rings is 2. The maximum absolute atomic E-state index is 12.0. The van der Waals surface area contributed by atoms with Crippen molar-refractivity contribution in [2.45, 2.75) is 38.0 Å². The van der Waals surface area contributed by atoms with E-state index in [-0.39, 0.29) is 16.9 Å². The topological polar surface area (TPSA) is 84.7 Å². The molecule has 0 aliphatic heterocycles. The van der Waals surface area contributed by atoms with Gasteiger partial charge in [-0.05, 0) is 35.4 Å². The third-order valence-corrected chi connectivity index (χ3v) is 5.78. The van der Waals surface area contributed by atoms with Crippen molar-refractivity contribution in [1.29, 1.82) is 0 Å². The van der Waals surface area contributed by atoms with Crippen molar-refractivity contribution in [3.05, 3.63) is 75.8 Å². The van der Waals surface area contributed by atoms with Crippen molar-refractivity contribution in [2.75, 3.05) is 0 Å². The summed E-state index contributed by atoms with van der Waals surface area (Å²) in [5, 5.41) is 12.2. The summed E-state index contributed by atoms with van der Waals surface area (Å²) in [5.74, 6) is 1.08. The van der Waals surface area contributed by atoms with Crippen LogP contribution in [0.5, 0.6) is 0 Å². The molecule has 0 amide bonds. The molecule has 5 rings (SSSR count). The highest BCUT2D eigenvalue weighted by molar-refractivity contribution is 5.91. The Labute approximate surface area is 161 Å². The zero-order valence-electron chi connectivity index (χ0n) is 15.8. The summed E-state index contributed by atoms with van der Waals surface area (Å²) >= 11 is 0. The van der Waals surface area contributed by atoms with Crippen LogP contribution in [0.1, 0.15) is 49.6 Å². The number of nitrogens with one attached hydrogen (secondary N) is 1. The highest BCUT2D eigenvalue weighted by Gasteiger charge is 2.35. The lowest BCUT2D eigenvalue weighted by molar-refractivity contribution is 0.385. The van der Waals surface area contributed by atoms with Gasteiger partial charge in [0.1, 0.15) is 0 Å². The lowest BCUT2D eigenvalue weighted by atomic mass is 9.68. The van der Waals surface area contributed by atoms with Crippen LogP contribution in [0.25, 0.3) is 22.4 Å². The molecule has 6 heteroatoms. The Balaban J connectivity index is 1.60. The first kappa shape index (κ1) is 16.9. The number of aromatic nitrogens is 4. The van der Waals surface area contributed by atoms with E-state index in [0.717, 1.165) is 12.8 Å². The highest BCUT2D eigenvalue weighted by Crippen LogP contribution is 2.44. The van der Waals surface area contributed by atoms with E-state index >= 15 is 0 Å². The molecule has 0 saturated carbocycles. The van der Waals surface area contributed by atoms with Crippen molar-refractivity contribution >= 4 is 10.8 Å². The van der Waals surface area contributed by atoms with Gasteiger partial charge in [-0.15, -0.1) is 0 Å². The van der Waals surface area contributed by atoms with Crippen LogP contribution in [-0.2, 0) is 5.41 Å². The van der Waals surface area contributed by atoms with Gasteiger partial charge in [0, 0.05) is 11.3 Å². The van der Waals surface area contributed by atoms with Gasteiger partial charge in [-0.25, -0.2) is 5.10 Å². The van der Waals surface area contributed by atoms with Gasteiger partial charge in [0.25, 0.3) is 11.4 Å². The summed E-state index contributed by atoms with van der Waals surface area (Å²) < 4.78 is 5.57. The average Bonchev–Trinajstić information content (AvgIpc) is 3.18. The minimum atomic E-state index is -0.234. The summed E-state index contributed by atoms with van der Waals surface area (Å²) in [6.07, 6.45) is 2.02. The molecule has 1 atom stereocenters. The number of hydrogen-bond donors (Lipinski definition) is 1. The van der Waals surface area contributed by atoms with Gasteiger partial charge in [0.2, 0.25) is 0 Å². The first-order valence-corrected chi connectivity index (χ1v) is 9.45. The molecule has 2 aromatic heterocycles. The van der Waals surface area contributed by atoms with E-state index in [1.165, 1.54) is 11.1 Å². The largest absolute Gasteiger partial charge is 0.332 e. The number of hydrogen-bond acceptors (Lipinski definition) is 5. The Bertz CT molecular complexity index is 1240. The molecule has 2 aromatic carbocycles. The molecule has 0 fully saturated rings. The summed E-state index contributed by atoms with van der Waals surface area (Å²) in [5.41, 5.74) is 2.99. The second-order valence-corrected chi connectivity index (χ2v) is 7.97. The Morgan fingerprint density at radius 3 is 2.68 bits per heavy atom. The van der Waals surface area contributed by atoms with Crippen LogP contribution in [0, 0.1) is 0 Å². The molecule has 1 N–H and O–H groups in total. The molecule has 1 unspecified atom stereocenters. The van der Waals surface area contributed by atoms with E-state index in [4.69, 9.17) is 4.52 Å². The fraction of sp³-hybridized carbons (Fsp3) is 0.273. The minimum absolute atomic E-state index is 0.0933. The standard InChI is InChI=1S/C22H20N4O2/c1-22(2)12-11-15(13-7-5-6-10-17(13)22)19-23-21(28-26-19)18-14-8-3-4-9-16(14)20(27)25-24-18/h3-10,15H,11-12H2,1-2H3,(H,25,27). The third kappa shape index (κ3) is 2.56. The zero-order chi connectivity index (χ0) is 19.3. The molecule has 6 nitrogen and oxygen atoms in total. The molecule has 28 heavy (non-hydrogen) atoms. The molecule has 0 bridgehead atoms. The minimum Gasteiger partial charge on any atom is -0.332 e. The zero-order valence-corrected chi connectivity index (χ0v) is 15.8. The van der Waals surface area contributed by atoms with Crippen LogP contribution < -0.4 is 5.56 Å². The summed E-state index contributed by atoms with van der Waals surface area (Å²) in [7, 11) is 0. The third-order valence-electron chi connectivity index (χ3n) is 5.78. The lowest BCUT2D eigenvalue weighted by Gasteiger charge is -2.35. The fourth-order valence-corrected chi connectivity index (χ4v) is 4.23. The summed E-state index contributed by atoms with van der Waals surface area (Å²) in [4.78, 5) is 16.7. The van der Waals surface area contributed by atoms with Crippen LogP contribution in [0.4, 0.5) is 0 Å². The van der Waals surface area contributed by atoms with Crippen LogP contribution in [0.15, 0.2) is 57.8 Å². The van der Waals surface area contributed by atoms with Gasteiger partial charge in [0.05, 0.1) is 5.39 Å². The quantitative estimate of drug-likeness (QED) is 0.571. The number of aromatic amines is 1. The smallest absolute Gasteiger partial charge is 0.279 e. The fourth-order valence-electron chi connectivity index (χ4n) is 4.23. The van der Waals surface area contributed by atoms with E-state index in [0.29, 0.717) is 28.2 Å². The monoisotopic (exact) mass is 372 g/mol. The van der Waals surface area contributed by atoms with E-state index in [1.807, 2.05) is 18.2 Å². The van der Waals surface area contributed by atoms with Crippen molar-refractivity contribution in [3.63, 3.8) is 0 Å². The SMILES string of the molecule is CC1(C)CCC(c2noc(-c3n[nH]c(=O)c4ccccc34)n2)c2ccccc21. The molecule has 1 aliphatic carbocycles. The second kappa shape index (κ2) is 6.12. The Morgan fingerprint density at radius 1 is 1.07 bits per heavy atom. The predicted octanol–water partition coefficient (Wildman–Crippen LogP) is 4.18. The number of fused-ring (bicyclic) bond motifs is 2. The Kier molecular flexibility index (Phi) is 3.69. The van der Waals surface area contributed by atoms with Crippen molar-refractivity contribution in [2.24, 2.45) is 0 Å². The Hall–Kier alpha value is -3.28. The Morgan fingerprint density at radius 2 is 1.82 bits per heavy atom. The molecule has 0 radical (unpaired) electrons. The van der Waals surface area contributed by atoms with Crippen LogP contribution in [0.2, 0.25) is 0 Å². The normalized spacial score (nSPS) is 18.1. The summed E-state index contributed by atoms with van der Waals surface area (Å²) in [6.45, 7) is 4.56. The average molecular weight is 372 g/mol. The van der Waals surface area contributed by atoms with Gasteiger partial charge in [0.15, 0.2) is 11.5 Å². The lowest BCUT2D eigenvalue weighted by Crippen LogP contribution is -2.27. The van der Waals surface area contributed by atoms with Crippen LogP contribution >= 0.6 is 0 Å². The van der Waals surface area contributed by atoms with E-state index < -0.39 is 0 Å². The van der Waals surface area contributed by atoms with Crippen LogP contribution in [0.3, 0.4) is 0 Å². The highest BCUT2D eigenvalue weighted by atomic mass is 16.5. The number of nitrogens with zero attached hydrogens (tertiary/aromatic N) is 3. The van der Waals surface area contributed by atoms with Gasteiger partial charge >= 0.3 is 0 Å². The molecule has 2 heterocycles. The van der Waals surface area contributed by atoms with Crippen molar-refractivity contribution in [3.8, 4) is 11.6 Å². The van der Waals surface area contributed by atoms with Crippen molar-refractivity contribution < 1.29 is 4.52 Å². The molecule has 0 spiro atoms. The molecule has 140 valence electrons. The van der Waals surface area contributed by atoms with Gasteiger partial charge in [-0.2, -0.15) is 10.1 Å². The molecular weight excluding hydrogens is 352 g/mol. The van der Waals surface area contributed by atoms with Gasteiger partial charge in [-0.1, -0.05) is 61.5 Å². The first-order valence-electron chi connectivity index (χ1n) is 9.45. The van der Waals surface area contributed by atoms with Crippen LogP contribution in [-0.4, -0.2) is 20.3 Å². The second-order valence-electron chi connectivity index (χ2n) is 7.97. The predicted molar refractivity (Wildman–Crippen MR) is 106 cm³/mol. The molecule has 4 aromatic rings. The molecule has 1 aliphatic rings. The number of H-pyrrole nitrogens is 1. The van der Waals surface area contributed by atoms with E-state index in [2.05, 4.69) is 58.5 Å². The van der Waals surface area contributed by atoms with Crippen molar-refractivity contribution in [1.82, 2.24) is 20.3 Å². The maximum atomic E-state index is 12.0.